The molecule has 0 amide bonds. The van der Waals surface area contributed by atoms with E-state index >= 15 is 0 Å². The van der Waals surface area contributed by atoms with Crippen molar-refractivity contribution in [1.82, 2.24) is 14.5 Å². The van der Waals surface area contributed by atoms with Gasteiger partial charge in [-0.25, -0.2) is 9.97 Å². The molecule has 180 valence electrons. The third kappa shape index (κ3) is 4.78. The first-order chi connectivity index (χ1) is 16.9. The van der Waals surface area contributed by atoms with Crippen LogP contribution >= 0.6 is 0 Å². The molecule has 1 unspecified atom stereocenters. The van der Waals surface area contributed by atoms with Crippen molar-refractivity contribution < 1.29 is 9.90 Å². The number of carbonyl (C=O) groups is 1. The maximum absolute atomic E-state index is 12.3. The first-order valence-corrected chi connectivity index (χ1v) is 12.4. The Kier molecular flexibility index (Phi) is 6.29. The summed E-state index contributed by atoms with van der Waals surface area (Å²) in [5, 5.41) is 13.7. The summed E-state index contributed by atoms with van der Waals surface area (Å²) >= 11 is 0. The van der Waals surface area contributed by atoms with Gasteiger partial charge >= 0.3 is 5.97 Å². The molecule has 2 heterocycles. The third-order valence-electron chi connectivity index (χ3n) is 6.87. The van der Waals surface area contributed by atoms with Crippen LogP contribution in [0.1, 0.15) is 59.5 Å². The Morgan fingerprint density at radius 1 is 1.09 bits per heavy atom. The second kappa shape index (κ2) is 9.53. The van der Waals surface area contributed by atoms with Crippen LogP contribution in [0.4, 0.5) is 5.69 Å². The van der Waals surface area contributed by atoms with Crippen molar-refractivity contribution in [3.05, 3.63) is 88.4 Å². The molecular formula is C29H32N4O2. The van der Waals surface area contributed by atoms with E-state index in [-0.39, 0.29) is 0 Å². The summed E-state index contributed by atoms with van der Waals surface area (Å²) < 4.78 is 2.21. The smallest absolute Gasteiger partial charge is 0.315 e. The highest BCUT2D eigenvalue weighted by Crippen LogP contribution is 2.33. The fourth-order valence-corrected chi connectivity index (χ4v) is 4.83. The molecule has 2 aromatic heterocycles. The van der Waals surface area contributed by atoms with Crippen LogP contribution in [0.15, 0.2) is 54.6 Å². The number of imidazole rings is 1. The molecule has 35 heavy (non-hydrogen) atoms. The predicted molar refractivity (Wildman–Crippen MR) is 139 cm³/mol. The number of aromatic nitrogens is 3. The van der Waals surface area contributed by atoms with Crippen LogP contribution in [-0.2, 0) is 17.8 Å². The van der Waals surface area contributed by atoms with Crippen molar-refractivity contribution in [2.45, 2.75) is 52.5 Å². The topological polar surface area (TPSA) is 80.0 Å². The highest BCUT2D eigenvalue weighted by atomic mass is 16.4. The molecule has 4 aromatic rings. The number of fused-ring (bicyclic) bond motifs is 1. The minimum atomic E-state index is -0.846. The molecule has 0 aliphatic heterocycles. The van der Waals surface area contributed by atoms with E-state index in [4.69, 9.17) is 9.97 Å². The van der Waals surface area contributed by atoms with E-state index in [9.17, 15) is 9.90 Å². The number of aryl methyl sites for hydroxylation is 3. The van der Waals surface area contributed by atoms with Crippen molar-refractivity contribution in [3.63, 3.8) is 0 Å². The zero-order valence-corrected chi connectivity index (χ0v) is 20.6. The number of hydrogen-bond donors (Lipinski definition) is 2. The lowest BCUT2D eigenvalue weighted by atomic mass is 9.90. The van der Waals surface area contributed by atoms with Crippen LogP contribution in [-0.4, -0.2) is 32.2 Å². The number of nitrogens with zero attached hydrogens (tertiary/aromatic N) is 3. The van der Waals surface area contributed by atoms with Crippen molar-refractivity contribution in [1.29, 1.82) is 0 Å². The summed E-state index contributed by atoms with van der Waals surface area (Å²) in [7, 11) is 0. The van der Waals surface area contributed by atoms with Crippen LogP contribution in [0.3, 0.4) is 0 Å². The molecule has 0 spiro atoms. The minimum Gasteiger partial charge on any atom is -0.481 e. The maximum atomic E-state index is 12.3. The normalized spacial score (nSPS) is 14.3. The number of nitrogens with one attached hydrogen (secondary N) is 1. The Bertz CT molecular complexity index is 1370. The zero-order chi connectivity index (χ0) is 24.5. The van der Waals surface area contributed by atoms with Crippen LogP contribution in [0.2, 0.25) is 0 Å². The van der Waals surface area contributed by atoms with Gasteiger partial charge < -0.3 is 15.0 Å². The maximum Gasteiger partial charge on any atom is 0.315 e. The van der Waals surface area contributed by atoms with Crippen molar-refractivity contribution in [2.24, 2.45) is 5.92 Å². The van der Waals surface area contributed by atoms with Gasteiger partial charge in [0.15, 0.2) is 5.65 Å². The highest BCUT2D eigenvalue weighted by molar-refractivity contribution is 5.81. The average molecular weight is 469 g/mol. The summed E-state index contributed by atoms with van der Waals surface area (Å²) in [5.74, 6) is 0.148. The molecule has 1 atom stereocenters. The largest absolute Gasteiger partial charge is 0.481 e. The lowest BCUT2D eigenvalue weighted by Gasteiger charge is -2.19. The van der Waals surface area contributed by atoms with Gasteiger partial charge in [0.1, 0.15) is 17.3 Å². The SMILES string of the molecule is CCc1nc2c(C)cc(C)nc2n1Cc1ccc(C(C(=O)O)c2ccccc2)cc1NCC1CC1. The number of benzene rings is 2. The van der Waals surface area contributed by atoms with Crippen molar-refractivity contribution >= 4 is 22.8 Å². The molecule has 1 saturated carbocycles. The Labute approximate surface area is 206 Å². The highest BCUT2D eigenvalue weighted by Gasteiger charge is 2.25. The van der Waals surface area contributed by atoms with E-state index in [1.54, 1.807) is 0 Å². The van der Waals surface area contributed by atoms with E-state index in [2.05, 4.69) is 35.9 Å². The second-order valence-electron chi connectivity index (χ2n) is 9.64. The molecular weight excluding hydrogens is 436 g/mol. The lowest BCUT2D eigenvalue weighted by Crippen LogP contribution is -2.15. The van der Waals surface area contributed by atoms with Gasteiger partial charge in [-0.05, 0) is 67.0 Å². The molecule has 0 saturated heterocycles. The number of anilines is 1. The third-order valence-corrected chi connectivity index (χ3v) is 6.87. The summed E-state index contributed by atoms with van der Waals surface area (Å²) in [6.45, 7) is 7.75. The van der Waals surface area contributed by atoms with Crippen molar-refractivity contribution in [3.8, 4) is 0 Å². The van der Waals surface area contributed by atoms with Gasteiger partial charge in [0, 0.05) is 24.3 Å². The number of aliphatic carboxylic acids is 1. The van der Waals surface area contributed by atoms with Crippen LogP contribution in [0, 0.1) is 19.8 Å². The summed E-state index contributed by atoms with van der Waals surface area (Å²) in [6.07, 6.45) is 3.31. The lowest BCUT2D eigenvalue weighted by molar-refractivity contribution is -0.137. The standard InChI is InChI=1S/C29H32N4O2/c1-4-25-32-27-18(2)14-19(3)31-28(27)33(25)17-23-13-12-22(15-24(23)30-16-20-10-11-20)26(29(34)35)21-8-6-5-7-9-21/h5-9,12-15,20,26,30H,4,10-11,16-17H2,1-3H3,(H,34,35). The van der Waals surface area contributed by atoms with Gasteiger partial charge in [-0.2, -0.15) is 0 Å². The zero-order valence-electron chi connectivity index (χ0n) is 20.6. The fourth-order valence-electron chi connectivity index (χ4n) is 4.83. The first-order valence-electron chi connectivity index (χ1n) is 12.4. The molecule has 2 N–H and O–H groups in total. The average Bonchev–Trinajstić information content (AvgIpc) is 3.60. The Morgan fingerprint density at radius 3 is 2.54 bits per heavy atom. The fraction of sp³-hybridized carbons (Fsp3) is 0.345. The number of carboxylic acids is 1. The summed E-state index contributed by atoms with van der Waals surface area (Å²) in [6, 6.07) is 17.6. The second-order valence-corrected chi connectivity index (χ2v) is 9.64. The van der Waals surface area contributed by atoms with Crippen LogP contribution in [0.25, 0.3) is 11.2 Å². The van der Waals surface area contributed by atoms with Gasteiger partial charge in [-0.3, -0.25) is 4.79 Å². The van der Waals surface area contributed by atoms with Gasteiger partial charge in [-0.15, -0.1) is 0 Å². The molecule has 2 aromatic carbocycles. The molecule has 6 nitrogen and oxygen atoms in total. The summed E-state index contributed by atoms with van der Waals surface area (Å²) in [4.78, 5) is 22.0. The van der Waals surface area contributed by atoms with E-state index in [1.807, 2.05) is 49.4 Å². The summed E-state index contributed by atoms with van der Waals surface area (Å²) in [5.41, 5.74) is 7.64. The molecule has 0 radical (unpaired) electrons. The van der Waals surface area contributed by atoms with E-state index in [0.717, 1.165) is 63.6 Å². The number of pyridine rings is 1. The Balaban J connectivity index is 1.57. The Hall–Kier alpha value is -3.67. The molecule has 0 bridgehead atoms. The van der Waals surface area contributed by atoms with Gasteiger partial charge in [0.25, 0.3) is 0 Å². The van der Waals surface area contributed by atoms with E-state index < -0.39 is 11.9 Å². The number of rotatable bonds is 9. The number of carboxylic acid groups (broad SMARTS) is 1. The molecule has 1 fully saturated rings. The molecule has 5 rings (SSSR count). The van der Waals surface area contributed by atoms with Crippen LogP contribution in [0.5, 0.6) is 0 Å². The van der Waals surface area contributed by atoms with E-state index in [0.29, 0.717) is 12.5 Å². The van der Waals surface area contributed by atoms with Crippen LogP contribution < -0.4 is 5.32 Å². The first kappa shape index (κ1) is 23.1. The molecule has 1 aliphatic rings. The molecule has 6 heteroatoms. The van der Waals surface area contributed by atoms with Gasteiger partial charge in [0.2, 0.25) is 0 Å². The van der Waals surface area contributed by atoms with E-state index in [1.165, 1.54) is 12.8 Å². The predicted octanol–water partition coefficient (Wildman–Crippen LogP) is 5.70. The molecule has 1 aliphatic carbocycles. The quantitative estimate of drug-likeness (QED) is 0.329. The van der Waals surface area contributed by atoms with Gasteiger partial charge in [-0.1, -0.05) is 49.4 Å². The minimum absolute atomic E-state index is 0.631. The number of hydrogen-bond acceptors (Lipinski definition) is 4. The monoisotopic (exact) mass is 468 g/mol. The van der Waals surface area contributed by atoms with Gasteiger partial charge in [0.05, 0.1) is 6.54 Å². The van der Waals surface area contributed by atoms with Crippen molar-refractivity contribution in [2.75, 3.05) is 11.9 Å². The Morgan fingerprint density at radius 2 is 1.86 bits per heavy atom.